The second kappa shape index (κ2) is 8.50. The van der Waals surface area contributed by atoms with Crippen LogP contribution in [0.4, 0.5) is 13.2 Å². The standard InChI is InChI=1S/C17H21F3N2O4/c18-17(19,20)13-3-1-2-11(6-13)7-22-8-12(4-5-15(22)25)16(26)21-14(9-23)10-24/h1-3,6,12,14,23-24H,4-5,7-10H2,(H,21,26). The molecule has 26 heavy (non-hydrogen) atoms. The second-order valence-corrected chi connectivity index (χ2v) is 6.28. The topological polar surface area (TPSA) is 89.9 Å². The maximum absolute atomic E-state index is 12.8. The summed E-state index contributed by atoms with van der Waals surface area (Å²) >= 11 is 0. The van der Waals surface area contributed by atoms with Crippen LogP contribution in [0.2, 0.25) is 0 Å². The van der Waals surface area contributed by atoms with Gasteiger partial charge in [-0.25, -0.2) is 0 Å². The summed E-state index contributed by atoms with van der Waals surface area (Å²) in [4.78, 5) is 25.6. The van der Waals surface area contributed by atoms with E-state index in [2.05, 4.69) is 5.32 Å². The van der Waals surface area contributed by atoms with Gasteiger partial charge in [0.15, 0.2) is 0 Å². The Morgan fingerprint density at radius 2 is 2.00 bits per heavy atom. The van der Waals surface area contributed by atoms with Gasteiger partial charge in [-0.05, 0) is 24.1 Å². The van der Waals surface area contributed by atoms with Crippen molar-refractivity contribution in [3.8, 4) is 0 Å². The van der Waals surface area contributed by atoms with Gasteiger partial charge in [-0.2, -0.15) is 13.2 Å². The maximum Gasteiger partial charge on any atom is 0.416 e. The van der Waals surface area contributed by atoms with Crippen LogP contribution in [0.25, 0.3) is 0 Å². The molecule has 0 aliphatic carbocycles. The van der Waals surface area contributed by atoms with E-state index in [9.17, 15) is 22.8 Å². The Kier molecular flexibility index (Phi) is 6.60. The van der Waals surface area contributed by atoms with Crippen molar-refractivity contribution in [1.82, 2.24) is 10.2 Å². The highest BCUT2D eigenvalue weighted by molar-refractivity contribution is 5.84. The Labute approximate surface area is 148 Å². The SMILES string of the molecule is O=C(NC(CO)CO)C1CCC(=O)N(Cc2cccc(C(F)(F)F)c2)C1. The lowest BCUT2D eigenvalue weighted by atomic mass is 9.95. The van der Waals surface area contributed by atoms with E-state index in [1.165, 1.54) is 17.0 Å². The van der Waals surface area contributed by atoms with Crippen LogP contribution in [0.3, 0.4) is 0 Å². The van der Waals surface area contributed by atoms with E-state index in [4.69, 9.17) is 10.2 Å². The fraction of sp³-hybridized carbons (Fsp3) is 0.529. The summed E-state index contributed by atoms with van der Waals surface area (Å²) in [5.41, 5.74) is -0.458. The molecule has 2 rings (SSSR count). The Hall–Kier alpha value is -2.13. The number of alkyl halides is 3. The Morgan fingerprint density at radius 3 is 2.62 bits per heavy atom. The number of halogens is 3. The van der Waals surface area contributed by atoms with E-state index in [1.54, 1.807) is 0 Å². The molecule has 0 aromatic heterocycles. The summed E-state index contributed by atoms with van der Waals surface area (Å²) in [5.74, 6) is -1.17. The van der Waals surface area contributed by atoms with Crippen molar-refractivity contribution in [3.63, 3.8) is 0 Å². The summed E-state index contributed by atoms with van der Waals surface area (Å²) in [7, 11) is 0. The monoisotopic (exact) mass is 374 g/mol. The van der Waals surface area contributed by atoms with Gasteiger partial charge in [0.25, 0.3) is 0 Å². The lowest BCUT2D eigenvalue weighted by Gasteiger charge is -2.32. The first-order chi connectivity index (χ1) is 12.2. The molecule has 1 fully saturated rings. The number of nitrogens with zero attached hydrogens (tertiary/aromatic N) is 1. The van der Waals surface area contributed by atoms with Crippen molar-refractivity contribution in [2.24, 2.45) is 5.92 Å². The molecule has 1 unspecified atom stereocenters. The zero-order chi connectivity index (χ0) is 19.3. The molecule has 1 aromatic carbocycles. The summed E-state index contributed by atoms with van der Waals surface area (Å²) in [6.45, 7) is -0.774. The molecule has 6 nitrogen and oxygen atoms in total. The number of aliphatic hydroxyl groups excluding tert-OH is 2. The van der Waals surface area contributed by atoms with Crippen molar-refractivity contribution in [2.75, 3.05) is 19.8 Å². The van der Waals surface area contributed by atoms with Crippen molar-refractivity contribution >= 4 is 11.8 Å². The zero-order valence-corrected chi connectivity index (χ0v) is 14.0. The van der Waals surface area contributed by atoms with Gasteiger partial charge in [0.1, 0.15) is 0 Å². The third-order valence-electron chi connectivity index (χ3n) is 4.29. The van der Waals surface area contributed by atoms with Crippen molar-refractivity contribution < 1.29 is 33.0 Å². The lowest BCUT2D eigenvalue weighted by Crippen LogP contribution is -2.49. The van der Waals surface area contributed by atoms with Crippen molar-refractivity contribution in [1.29, 1.82) is 0 Å². The minimum Gasteiger partial charge on any atom is -0.394 e. The third-order valence-corrected chi connectivity index (χ3v) is 4.29. The predicted molar refractivity (Wildman–Crippen MR) is 85.7 cm³/mol. The molecule has 0 spiro atoms. The molecule has 1 aliphatic rings. The first-order valence-corrected chi connectivity index (χ1v) is 8.20. The third kappa shape index (κ3) is 5.18. The van der Waals surface area contributed by atoms with Gasteiger partial charge in [-0.1, -0.05) is 12.1 Å². The van der Waals surface area contributed by atoms with Gasteiger partial charge in [0.05, 0.1) is 30.7 Å². The normalized spacial score (nSPS) is 18.3. The van der Waals surface area contributed by atoms with Crippen LogP contribution in [0.15, 0.2) is 24.3 Å². The van der Waals surface area contributed by atoms with Crippen LogP contribution in [0.5, 0.6) is 0 Å². The lowest BCUT2D eigenvalue weighted by molar-refractivity contribution is -0.139. The first kappa shape index (κ1) is 20.2. The van der Waals surface area contributed by atoms with Gasteiger partial charge in [-0.15, -0.1) is 0 Å². The molecular formula is C17H21F3N2O4. The predicted octanol–water partition coefficient (Wildman–Crippen LogP) is 0.913. The number of nitrogens with one attached hydrogen (secondary N) is 1. The Morgan fingerprint density at radius 1 is 1.31 bits per heavy atom. The largest absolute Gasteiger partial charge is 0.416 e. The van der Waals surface area contributed by atoms with Gasteiger partial charge < -0.3 is 20.4 Å². The summed E-state index contributed by atoms with van der Waals surface area (Å²) in [5, 5.41) is 20.5. The summed E-state index contributed by atoms with van der Waals surface area (Å²) in [6, 6.07) is 3.95. The Bertz CT molecular complexity index is 647. The number of aliphatic hydroxyl groups is 2. The molecule has 3 N–H and O–H groups in total. The van der Waals surface area contributed by atoms with Crippen molar-refractivity contribution in [3.05, 3.63) is 35.4 Å². The molecule has 1 atom stereocenters. The van der Waals surface area contributed by atoms with Gasteiger partial charge in [0, 0.05) is 19.5 Å². The highest BCUT2D eigenvalue weighted by atomic mass is 19.4. The van der Waals surface area contributed by atoms with Crippen molar-refractivity contribution in [2.45, 2.75) is 31.6 Å². The minimum atomic E-state index is -4.46. The summed E-state index contributed by atoms with van der Waals surface area (Å²) < 4.78 is 38.4. The fourth-order valence-corrected chi connectivity index (χ4v) is 2.82. The first-order valence-electron chi connectivity index (χ1n) is 8.20. The van der Waals surface area contributed by atoms with Crippen LogP contribution in [-0.2, 0) is 22.3 Å². The molecule has 0 saturated carbocycles. The zero-order valence-electron chi connectivity index (χ0n) is 14.0. The molecular weight excluding hydrogens is 353 g/mol. The quantitative estimate of drug-likeness (QED) is 0.691. The number of hydrogen-bond donors (Lipinski definition) is 3. The van der Waals surface area contributed by atoms with E-state index in [0.717, 1.165) is 12.1 Å². The number of hydrogen-bond acceptors (Lipinski definition) is 4. The van der Waals surface area contributed by atoms with E-state index in [0.29, 0.717) is 12.0 Å². The second-order valence-electron chi connectivity index (χ2n) is 6.28. The number of likely N-dealkylation sites (tertiary alicyclic amines) is 1. The number of rotatable bonds is 6. The number of benzene rings is 1. The van der Waals surface area contributed by atoms with Crippen LogP contribution < -0.4 is 5.32 Å². The highest BCUT2D eigenvalue weighted by Crippen LogP contribution is 2.30. The van der Waals surface area contributed by atoms with Crippen LogP contribution in [0, 0.1) is 5.92 Å². The maximum atomic E-state index is 12.8. The fourth-order valence-electron chi connectivity index (χ4n) is 2.82. The number of amides is 2. The van der Waals surface area contributed by atoms with Gasteiger partial charge >= 0.3 is 6.18 Å². The molecule has 0 radical (unpaired) electrons. The highest BCUT2D eigenvalue weighted by Gasteiger charge is 2.33. The number of carbonyl (C=O) groups excluding carboxylic acids is 2. The van der Waals surface area contributed by atoms with Crippen LogP contribution in [0.1, 0.15) is 24.0 Å². The molecule has 1 heterocycles. The smallest absolute Gasteiger partial charge is 0.394 e. The Balaban J connectivity index is 2.05. The molecule has 1 aromatic rings. The molecule has 2 amide bonds. The van der Waals surface area contributed by atoms with Crippen LogP contribution >= 0.6 is 0 Å². The van der Waals surface area contributed by atoms with E-state index in [-0.39, 0.29) is 25.4 Å². The average Bonchev–Trinajstić information content (AvgIpc) is 2.60. The minimum absolute atomic E-state index is 0.0179. The molecule has 9 heteroatoms. The number of piperidine rings is 1. The van der Waals surface area contributed by atoms with E-state index < -0.39 is 42.8 Å². The molecule has 1 aliphatic heterocycles. The average molecular weight is 374 g/mol. The van der Waals surface area contributed by atoms with Crippen LogP contribution in [-0.4, -0.2) is 52.7 Å². The summed E-state index contributed by atoms with van der Waals surface area (Å²) in [6.07, 6.45) is -4.04. The molecule has 144 valence electrons. The number of carbonyl (C=O) groups is 2. The van der Waals surface area contributed by atoms with Gasteiger partial charge in [0.2, 0.25) is 11.8 Å². The van der Waals surface area contributed by atoms with E-state index in [1.807, 2.05) is 0 Å². The molecule has 0 bridgehead atoms. The molecule has 1 saturated heterocycles. The van der Waals surface area contributed by atoms with Gasteiger partial charge in [-0.3, -0.25) is 9.59 Å². The van der Waals surface area contributed by atoms with E-state index >= 15 is 0 Å².